The second-order valence-electron chi connectivity index (χ2n) is 7.45. The van der Waals surface area contributed by atoms with Crippen LogP contribution in [0.2, 0.25) is 0 Å². The topological polar surface area (TPSA) is 85.3 Å². The van der Waals surface area contributed by atoms with E-state index in [2.05, 4.69) is 10.6 Å². The normalized spacial score (nSPS) is 12.7. The maximum atomic E-state index is 12.6. The van der Waals surface area contributed by atoms with Gasteiger partial charge in [0.05, 0.1) is 17.1 Å². The smallest absolute Gasteiger partial charge is 0.262 e. The van der Waals surface area contributed by atoms with Gasteiger partial charge in [-0.15, -0.1) is 0 Å². The van der Waals surface area contributed by atoms with Crippen molar-refractivity contribution >= 4 is 29.3 Å². The SMILES string of the molecule is O=C(/C=C/c1cn(-c2ccccc2)nc1-c1ccccc1)Nc1ccc2c(c1)NC(=O)CO2. The zero-order chi connectivity index (χ0) is 22.6. The minimum absolute atomic E-state index is 0.0120. The van der Waals surface area contributed by atoms with E-state index in [1.807, 2.05) is 66.9 Å². The van der Waals surface area contributed by atoms with Crippen LogP contribution in [0.1, 0.15) is 5.56 Å². The number of benzene rings is 3. The van der Waals surface area contributed by atoms with Crippen LogP contribution in [0, 0.1) is 0 Å². The van der Waals surface area contributed by atoms with Gasteiger partial charge in [0.15, 0.2) is 6.61 Å². The molecule has 0 spiro atoms. The van der Waals surface area contributed by atoms with E-state index in [1.165, 1.54) is 6.08 Å². The molecule has 7 nitrogen and oxygen atoms in total. The summed E-state index contributed by atoms with van der Waals surface area (Å²) < 4.78 is 7.14. The predicted molar refractivity (Wildman–Crippen MR) is 127 cm³/mol. The number of carbonyl (C=O) groups excluding carboxylic acids is 2. The molecule has 162 valence electrons. The third-order valence-electron chi connectivity index (χ3n) is 5.10. The zero-order valence-electron chi connectivity index (χ0n) is 17.6. The Hall–Kier alpha value is -4.65. The molecule has 0 saturated heterocycles. The third kappa shape index (κ3) is 4.52. The molecule has 1 aromatic heterocycles. The van der Waals surface area contributed by atoms with E-state index >= 15 is 0 Å². The molecule has 0 bridgehead atoms. The number of rotatable bonds is 5. The highest BCUT2D eigenvalue weighted by molar-refractivity contribution is 6.03. The van der Waals surface area contributed by atoms with Crippen molar-refractivity contribution in [2.45, 2.75) is 0 Å². The average Bonchev–Trinajstić information content (AvgIpc) is 3.28. The van der Waals surface area contributed by atoms with Crippen LogP contribution in [0.4, 0.5) is 11.4 Å². The summed E-state index contributed by atoms with van der Waals surface area (Å²) in [6.07, 6.45) is 5.11. The number of aromatic nitrogens is 2. The Morgan fingerprint density at radius 3 is 2.58 bits per heavy atom. The quantitative estimate of drug-likeness (QED) is 0.451. The van der Waals surface area contributed by atoms with E-state index in [1.54, 1.807) is 29.0 Å². The van der Waals surface area contributed by atoms with Crippen LogP contribution >= 0.6 is 0 Å². The Morgan fingerprint density at radius 1 is 1.03 bits per heavy atom. The fraction of sp³-hybridized carbons (Fsp3) is 0.0385. The van der Waals surface area contributed by atoms with Crippen molar-refractivity contribution < 1.29 is 14.3 Å². The molecule has 1 aliphatic heterocycles. The molecule has 0 aliphatic carbocycles. The van der Waals surface area contributed by atoms with Gasteiger partial charge >= 0.3 is 0 Å². The van der Waals surface area contributed by atoms with Crippen molar-refractivity contribution in [2.24, 2.45) is 0 Å². The van der Waals surface area contributed by atoms with Gasteiger partial charge in [-0.1, -0.05) is 48.5 Å². The fourth-order valence-corrected chi connectivity index (χ4v) is 3.55. The zero-order valence-corrected chi connectivity index (χ0v) is 17.6. The summed E-state index contributed by atoms with van der Waals surface area (Å²) in [5.41, 5.74) is 4.55. The Bertz CT molecular complexity index is 1340. The minimum atomic E-state index is -0.301. The summed E-state index contributed by atoms with van der Waals surface area (Å²) in [5.74, 6) is 0.0446. The van der Waals surface area contributed by atoms with Crippen molar-refractivity contribution in [3.8, 4) is 22.7 Å². The summed E-state index contributed by atoms with van der Waals surface area (Å²) in [7, 11) is 0. The lowest BCUT2D eigenvalue weighted by atomic mass is 10.1. The van der Waals surface area contributed by atoms with E-state index in [0.717, 1.165) is 22.5 Å². The highest BCUT2D eigenvalue weighted by atomic mass is 16.5. The van der Waals surface area contributed by atoms with Crippen LogP contribution < -0.4 is 15.4 Å². The highest BCUT2D eigenvalue weighted by Crippen LogP contribution is 2.30. The number of ether oxygens (including phenoxy) is 1. The van der Waals surface area contributed by atoms with Gasteiger partial charge in [-0.3, -0.25) is 9.59 Å². The molecule has 2 amide bonds. The first-order valence-corrected chi connectivity index (χ1v) is 10.4. The fourth-order valence-electron chi connectivity index (χ4n) is 3.55. The molecule has 0 atom stereocenters. The molecule has 2 heterocycles. The first kappa shape index (κ1) is 20.3. The number of carbonyl (C=O) groups is 2. The first-order chi connectivity index (χ1) is 16.2. The van der Waals surface area contributed by atoms with E-state index < -0.39 is 0 Å². The van der Waals surface area contributed by atoms with Crippen molar-refractivity contribution in [1.82, 2.24) is 9.78 Å². The van der Waals surface area contributed by atoms with Crippen molar-refractivity contribution in [3.05, 3.63) is 96.7 Å². The summed E-state index contributed by atoms with van der Waals surface area (Å²) >= 11 is 0. The summed E-state index contributed by atoms with van der Waals surface area (Å²) in [6.45, 7) is -0.0120. The number of nitrogens with zero attached hydrogens (tertiary/aromatic N) is 2. The molecular formula is C26H20N4O3. The molecule has 5 rings (SSSR count). The molecule has 7 heteroatoms. The van der Waals surface area contributed by atoms with Gasteiger partial charge in [0.1, 0.15) is 5.75 Å². The molecule has 0 saturated carbocycles. The predicted octanol–water partition coefficient (Wildman–Crippen LogP) is 4.52. The van der Waals surface area contributed by atoms with E-state index in [4.69, 9.17) is 9.84 Å². The molecule has 33 heavy (non-hydrogen) atoms. The van der Waals surface area contributed by atoms with Crippen LogP contribution in [-0.2, 0) is 9.59 Å². The van der Waals surface area contributed by atoms with Crippen molar-refractivity contribution in [2.75, 3.05) is 17.2 Å². The van der Waals surface area contributed by atoms with Gasteiger partial charge in [-0.05, 0) is 36.4 Å². The highest BCUT2D eigenvalue weighted by Gasteiger charge is 2.16. The van der Waals surface area contributed by atoms with Crippen LogP contribution in [0.25, 0.3) is 23.0 Å². The maximum Gasteiger partial charge on any atom is 0.262 e. The van der Waals surface area contributed by atoms with Crippen LogP contribution in [0.5, 0.6) is 5.75 Å². The van der Waals surface area contributed by atoms with E-state index in [0.29, 0.717) is 17.1 Å². The summed E-state index contributed by atoms with van der Waals surface area (Å²) in [6, 6.07) is 24.7. The number of hydrogen-bond acceptors (Lipinski definition) is 4. The minimum Gasteiger partial charge on any atom is -0.482 e. The third-order valence-corrected chi connectivity index (χ3v) is 5.10. The Balaban J connectivity index is 1.39. The van der Waals surface area contributed by atoms with E-state index in [9.17, 15) is 9.59 Å². The summed E-state index contributed by atoms with van der Waals surface area (Å²) in [4.78, 5) is 24.1. The molecular weight excluding hydrogens is 416 g/mol. The molecule has 3 aromatic carbocycles. The number of para-hydroxylation sites is 1. The van der Waals surface area contributed by atoms with Crippen LogP contribution in [-0.4, -0.2) is 28.2 Å². The Labute approximate surface area is 190 Å². The molecule has 1 aliphatic rings. The molecule has 2 N–H and O–H groups in total. The Morgan fingerprint density at radius 2 is 1.79 bits per heavy atom. The first-order valence-electron chi connectivity index (χ1n) is 10.4. The number of fused-ring (bicyclic) bond motifs is 1. The van der Waals surface area contributed by atoms with Gasteiger partial charge < -0.3 is 15.4 Å². The second-order valence-corrected chi connectivity index (χ2v) is 7.45. The lowest BCUT2D eigenvalue weighted by molar-refractivity contribution is -0.118. The number of hydrogen-bond donors (Lipinski definition) is 2. The standard InChI is InChI=1S/C26H20N4O3/c31-24(27-20-12-13-23-22(15-20)28-25(32)17-33-23)14-11-19-16-30(21-9-5-2-6-10-21)29-26(19)18-7-3-1-4-8-18/h1-16H,17H2,(H,27,31)(H,28,32)/b14-11+. The largest absolute Gasteiger partial charge is 0.482 e. The van der Waals surface area contributed by atoms with Gasteiger partial charge in [-0.2, -0.15) is 5.10 Å². The molecule has 0 unspecified atom stereocenters. The molecule has 4 aromatic rings. The maximum absolute atomic E-state index is 12.6. The second kappa shape index (κ2) is 8.84. The van der Waals surface area contributed by atoms with Gasteiger partial charge in [0, 0.05) is 29.1 Å². The molecule has 0 fully saturated rings. The molecule has 0 radical (unpaired) electrons. The summed E-state index contributed by atoms with van der Waals surface area (Å²) in [5, 5.41) is 10.3. The lowest BCUT2D eigenvalue weighted by Crippen LogP contribution is -2.25. The van der Waals surface area contributed by atoms with Gasteiger partial charge in [0.25, 0.3) is 5.91 Å². The number of nitrogens with one attached hydrogen (secondary N) is 2. The van der Waals surface area contributed by atoms with Crippen LogP contribution in [0.15, 0.2) is 91.1 Å². The van der Waals surface area contributed by atoms with Crippen LogP contribution in [0.3, 0.4) is 0 Å². The number of amides is 2. The van der Waals surface area contributed by atoms with Gasteiger partial charge in [-0.25, -0.2) is 4.68 Å². The number of anilines is 2. The van der Waals surface area contributed by atoms with E-state index in [-0.39, 0.29) is 18.4 Å². The monoisotopic (exact) mass is 436 g/mol. The van der Waals surface area contributed by atoms with Gasteiger partial charge in [0.2, 0.25) is 5.91 Å². The average molecular weight is 436 g/mol. The van der Waals surface area contributed by atoms with Crippen molar-refractivity contribution in [1.29, 1.82) is 0 Å². The lowest BCUT2D eigenvalue weighted by Gasteiger charge is -2.18. The van der Waals surface area contributed by atoms with Crippen molar-refractivity contribution in [3.63, 3.8) is 0 Å². The Kier molecular flexibility index (Phi) is 5.43.